The summed E-state index contributed by atoms with van der Waals surface area (Å²) in [6.07, 6.45) is 10.5. The summed E-state index contributed by atoms with van der Waals surface area (Å²) in [6.45, 7) is 1.93. The van der Waals surface area contributed by atoms with Gasteiger partial charge in [-0.25, -0.2) is 0 Å². The van der Waals surface area contributed by atoms with Crippen LogP contribution in [0.2, 0.25) is 0 Å². The molecule has 0 bridgehead atoms. The Morgan fingerprint density at radius 3 is 2.45 bits per heavy atom. The molecule has 0 aromatic heterocycles. The summed E-state index contributed by atoms with van der Waals surface area (Å²) < 4.78 is 0. The molecule has 3 rings (SSSR count). The van der Waals surface area contributed by atoms with Gasteiger partial charge in [-0.3, -0.25) is 4.79 Å². The first-order valence-electron chi connectivity index (χ1n) is 8.42. The third kappa shape index (κ3) is 2.68. The molecule has 2 fully saturated rings. The van der Waals surface area contributed by atoms with Crippen LogP contribution in [0.25, 0.3) is 0 Å². The molecule has 0 radical (unpaired) electrons. The van der Waals surface area contributed by atoms with Crippen LogP contribution in [0.4, 0.5) is 0 Å². The van der Waals surface area contributed by atoms with Gasteiger partial charge in [0.1, 0.15) is 0 Å². The third-order valence-electron chi connectivity index (χ3n) is 5.56. The monoisotopic (exact) mass is 270 g/mol. The van der Waals surface area contributed by atoms with Crippen molar-refractivity contribution in [3.63, 3.8) is 0 Å². The van der Waals surface area contributed by atoms with Crippen LogP contribution in [0.1, 0.15) is 80.1 Å². The molecule has 1 unspecified atom stereocenters. The van der Waals surface area contributed by atoms with Crippen LogP contribution in [0.5, 0.6) is 0 Å². The van der Waals surface area contributed by atoms with Crippen molar-refractivity contribution in [1.82, 2.24) is 0 Å². The van der Waals surface area contributed by atoms with Crippen LogP contribution in [0, 0.1) is 11.8 Å². The number of hydrogen-bond donors (Lipinski definition) is 0. The van der Waals surface area contributed by atoms with E-state index in [4.69, 9.17) is 0 Å². The van der Waals surface area contributed by atoms with Crippen molar-refractivity contribution in [2.75, 3.05) is 0 Å². The molecule has 0 saturated heterocycles. The van der Waals surface area contributed by atoms with Gasteiger partial charge in [0.05, 0.1) is 0 Å². The Balaban J connectivity index is 1.78. The van der Waals surface area contributed by atoms with Gasteiger partial charge in [0.2, 0.25) is 0 Å². The lowest BCUT2D eigenvalue weighted by atomic mass is 9.64. The number of carbonyl (C=O) groups is 1. The van der Waals surface area contributed by atoms with E-state index < -0.39 is 0 Å². The van der Waals surface area contributed by atoms with Crippen molar-refractivity contribution >= 4 is 5.78 Å². The fraction of sp³-hybridized carbons (Fsp3) is 0.632. The maximum absolute atomic E-state index is 11.7. The van der Waals surface area contributed by atoms with E-state index in [1.165, 1.54) is 50.5 Å². The van der Waals surface area contributed by atoms with E-state index in [0.29, 0.717) is 6.42 Å². The average Bonchev–Trinajstić information content (AvgIpc) is 2.54. The minimum Gasteiger partial charge on any atom is -0.294 e. The van der Waals surface area contributed by atoms with E-state index >= 15 is 0 Å². The Bertz CT molecular complexity index is 457. The first kappa shape index (κ1) is 13.9. The molecular weight excluding hydrogens is 244 g/mol. The van der Waals surface area contributed by atoms with Crippen molar-refractivity contribution in [2.45, 2.75) is 64.2 Å². The number of benzene rings is 1. The summed E-state index contributed by atoms with van der Waals surface area (Å²) in [5, 5.41) is 0. The molecule has 20 heavy (non-hydrogen) atoms. The minimum atomic E-state index is 0.260. The van der Waals surface area contributed by atoms with Gasteiger partial charge in [-0.15, -0.1) is 0 Å². The fourth-order valence-electron chi connectivity index (χ4n) is 4.47. The summed E-state index contributed by atoms with van der Waals surface area (Å²) in [4.78, 5) is 11.7. The summed E-state index contributed by atoms with van der Waals surface area (Å²) >= 11 is 0. The molecule has 3 atom stereocenters. The number of hydrogen-bond acceptors (Lipinski definition) is 1. The number of ketones is 1. The lowest BCUT2D eigenvalue weighted by molar-refractivity contribution is 0.0988. The SMILES string of the molecule is CCC(=O)c1ccc(C2CCC[C@H]3CCCC[C@H]23)cc1. The number of rotatable bonds is 3. The summed E-state index contributed by atoms with van der Waals surface area (Å²) in [5.41, 5.74) is 2.36. The maximum Gasteiger partial charge on any atom is 0.162 e. The Kier molecular flexibility index (Phi) is 4.24. The molecule has 108 valence electrons. The van der Waals surface area contributed by atoms with Crippen LogP contribution in [0.3, 0.4) is 0 Å². The molecule has 0 spiro atoms. The average molecular weight is 270 g/mol. The summed E-state index contributed by atoms with van der Waals surface area (Å²) in [7, 11) is 0. The highest BCUT2D eigenvalue weighted by Crippen LogP contribution is 2.48. The number of fused-ring (bicyclic) bond motifs is 1. The van der Waals surface area contributed by atoms with Crippen LogP contribution in [-0.4, -0.2) is 5.78 Å². The first-order chi connectivity index (χ1) is 9.79. The Morgan fingerprint density at radius 1 is 1.00 bits per heavy atom. The van der Waals surface area contributed by atoms with Gasteiger partial charge in [0, 0.05) is 12.0 Å². The third-order valence-corrected chi connectivity index (χ3v) is 5.56. The summed E-state index contributed by atoms with van der Waals surface area (Å²) in [6, 6.07) is 8.55. The van der Waals surface area contributed by atoms with Crippen molar-refractivity contribution in [3.8, 4) is 0 Å². The van der Waals surface area contributed by atoms with Crippen molar-refractivity contribution < 1.29 is 4.79 Å². The molecule has 0 aliphatic heterocycles. The highest BCUT2D eigenvalue weighted by Gasteiger charge is 2.35. The molecule has 1 nitrogen and oxygen atoms in total. The number of carbonyl (C=O) groups excluding carboxylic acids is 1. The van der Waals surface area contributed by atoms with Crippen LogP contribution >= 0.6 is 0 Å². The van der Waals surface area contributed by atoms with Gasteiger partial charge in [-0.2, -0.15) is 0 Å². The van der Waals surface area contributed by atoms with E-state index in [-0.39, 0.29) is 5.78 Å². The quantitative estimate of drug-likeness (QED) is 0.676. The lowest BCUT2D eigenvalue weighted by Gasteiger charge is -2.41. The summed E-state index contributed by atoms with van der Waals surface area (Å²) in [5.74, 6) is 2.89. The maximum atomic E-state index is 11.7. The second kappa shape index (κ2) is 6.11. The fourth-order valence-corrected chi connectivity index (χ4v) is 4.47. The smallest absolute Gasteiger partial charge is 0.162 e. The van der Waals surface area contributed by atoms with Crippen molar-refractivity contribution in [1.29, 1.82) is 0 Å². The van der Waals surface area contributed by atoms with Gasteiger partial charge >= 0.3 is 0 Å². The van der Waals surface area contributed by atoms with Crippen molar-refractivity contribution in [2.24, 2.45) is 11.8 Å². The normalized spacial score (nSPS) is 29.8. The number of Topliss-reactive ketones (excluding diaryl/α,β-unsaturated/α-hetero) is 1. The molecule has 0 N–H and O–H groups in total. The molecule has 1 heteroatoms. The minimum absolute atomic E-state index is 0.260. The first-order valence-corrected chi connectivity index (χ1v) is 8.42. The van der Waals surface area contributed by atoms with E-state index in [0.717, 1.165) is 23.3 Å². The van der Waals surface area contributed by atoms with E-state index in [2.05, 4.69) is 12.1 Å². The zero-order valence-corrected chi connectivity index (χ0v) is 12.6. The largest absolute Gasteiger partial charge is 0.294 e. The Labute approximate surface area is 122 Å². The second-order valence-corrected chi connectivity index (χ2v) is 6.64. The standard InChI is InChI=1S/C19H26O/c1-2-19(20)16-12-10-15(11-13-16)18-9-5-7-14-6-3-4-8-17(14)18/h10-14,17-18H,2-9H2,1H3/t14-,17+,18?/m1/s1. The van der Waals surface area contributed by atoms with Gasteiger partial charge in [0.15, 0.2) is 5.78 Å². The predicted octanol–water partition coefficient (Wildman–Crippen LogP) is 5.35. The van der Waals surface area contributed by atoms with Crippen LogP contribution in [-0.2, 0) is 0 Å². The molecular formula is C19H26O. The molecule has 2 aliphatic rings. The predicted molar refractivity (Wildman–Crippen MR) is 83.1 cm³/mol. The Morgan fingerprint density at radius 2 is 1.70 bits per heavy atom. The van der Waals surface area contributed by atoms with Crippen molar-refractivity contribution in [3.05, 3.63) is 35.4 Å². The topological polar surface area (TPSA) is 17.1 Å². The molecule has 1 aromatic rings. The molecule has 0 heterocycles. The zero-order valence-electron chi connectivity index (χ0n) is 12.6. The molecule has 2 saturated carbocycles. The van der Waals surface area contributed by atoms with E-state index in [1.54, 1.807) is 0 Å². The zero-order chi connectivity index (χ0) is 13.9. The van der Waals surface area contributed by atoms with E-state index in [1.807, 2.05) is 19.1 Å². The van der Waals surface area contributed by atoms with Gasteiger partial charge in [0.25, 0.3) is 0 Å². The molecule has 1 aromatic carbocycles. The van der Waals surface area contributed by atoms with Gasteiger partial charge in [-0.05, 0) is 36.2 Å². The van der Waals surface area contributed by atoms with Gasteiger partial charge in [-0.1, -0.05) is 63.3 Å². The van der Waals surface area contributed by atoms with Crippen LogP contribution < -0.4 is 0 Å². The molecule has 2 aliphatic carbocycles. The van der Waals surface area contributed by atoms with Crippen LogP contribution in [0.15, 0.2) is 24.3 Å². The lowest BCUT2D eigenvalue weighted by Crippen LogP contribution is -2.29. The van der Waals surface area contributed by atoms with E-state index in [9.17, 15) is 4.79 Å². The second-order valence-electron chi connectivity index (χ2n) is 6.64. The highest BCUT2D eigenvalue weighted by molar-refractivity contribution is 5.95. The van der Waals surface area contributed by atoms with Gasteiger partial charge < -0.3 is 0 Å². The Hall–Kier alpha value is -1.11. The highest BCUT2D eigenvalue weighted by atomic mass is 16.1. The molecule has 0 amide bonds.